The third-order valence-electron chi connectivity index (χ3n) is 5.83. The molecule has 2 unspecified atom stereocenters. The van der Waals surface area contributed by atoms with Gasteiger partial charge in [-0.3, -0.25) is 4.90 Å². The smallest absolute Gasteiger partial charge is 0.407 e. The van der Waals surface area contributed by atoms with E-state index in [1.807, 2.05) is 18.3 Å². The number of anilines is 2. The number of carboxylic acid groups (broad SMARTS) is 1. The fourth-order valence-corrected chi connectivity index (χ4v) is 5.26. The summed E-state index contributed by atoms with van der Waals surface area (Å²) in [6.07, 6.45) is 4.08. The molecule has 1 aromatic heterocycles. The summed E-state index contributed by atoms with van der Waals surface area (Å²) in [6.45, 7) is 3.64. The Labute approximate surface area is 159 Å². The van der Waals surface area contributed by atoms with Crippen molar-refractivity contribution >= 4 is 27.6 Å². The first-order valence-electron chi connectivity index (χ1n) is 9.25. The molecule has 27 heavy (non-hydrogen) atoms. The molecule has 3 fully saturated rings. The molecule has 0 radical (unpaired) electrons. The molecule has 2 atom stereocenters. The van der Waals surface area contributed by atoms with E-state index in [0.717, 1.165) is 24.3 Å². The maximum Gasteiger partial charge on any atom is 0.407 e. The Morgan fingerprint density at radius 1 is 1.07 bits per heavy atom. The first-order valence-corrected chi connectivity index (χ1v) is 11.1. The van der Waals surface area contributed by atoms with Crippen LogP contribution in [0.5, 0.6) is 0 Å². The minimum atomic E-state index is -3.13. The van der Waals surface area contributed by atoms with E-state index in [0.29, 0.717) is 39.3 Å². The summed E-state index contributed by atoms with van der Waals surface area (Å²) >= 11 is 0. The lowest BCUT2D eigenvalue weighted by molar-refractivity contribution is 0.114. The summed E-state index contributed by atoms with van der Waals surface area (Å²) < 4.78 is 24.7. The van der Waals surface area contributed by atoms with Crippen LogP contribution in [-0.2, 0) is 10.0 Å². The largest absolute Gasteiger partial charge is 0.465 e. The second kappa shape index (κ2) is 6.83. The van der Waals surface area contributed by atoms with Gasteiger partial charge in [0.2, 0.25) is 10.0 Å². The number of amides is 1. The van der Waals surface area contributed by atoms with Crippen LogP contribution in [0.2, 0.25) is 0 Å². The summed E-state index contributed by atoms with van der Waals surface area (Å²) in [5.41, 5.74) is 0.985. The number of fused-ring (bicyclic) bond motifs is 2. The molecule has 4 rings (SSSR count). The van der Waals surface area contributed by atoms with E-state index in [-0.39, 0.29) is 12.1 Å². The third-order valence-corrected chi connectivity index (χ3v) is 7.14. The normalized spacial score (nSPS) is 26.5. The average molecular weight is 395 g/mol. The first-order chi connectivity index (χ1) is 12.8. The molecule has 4 heterocycles. The van der Waals surface area contributed by atoms with Crippen molar-refractivity contribution in [2.45, 2.75) is 24.9 Å². The number of rotatable bonds is 3. The van der Waals surface area contributed by atoms with Crippen molar-refractivity contribution in [1.29, 1.82) is 0 Å². The van der Waals surface area contributed by atoms with Gasteiger partial charge in [0.05, 0.1) is 30.2 Å². The second-order valence-corrected chi connectivity index (χ2v) is 9.49. The predicted molar refractivity (Wildman–Crippen MR) is 102 cm³/mol. The van der Waals surface area contributed by atoms with Gasteiger partial charge in [-0.15, -0.1) is 0 Å². The molecular weight excluding hydrogens is 370 g/mol. The third kappa shape index (κ3) is 3.55. The highest BCUT2D eigenvalue weighted by Crippen LogP contribution is 2.32. The van der Waals surface area contributed by atoms with E-state index >= 15 is 0 Å². The molecule has 0 aliphatic carbocycles. The standard InChI is InChI=1S/C17H25N5O4S/c1-27(25,26)21-8-6-19(7-9-21)13-4-5-16(18-10-13)20-11-14-2-3-15(12-20)22(14)17(23)24/h4-5,10,14-15H,2-3,6-9,11-12H2,1H3,(H,23,24). The number of nitrogens with zero attached hydrogens (tertiary/aromatic N) is 5. The number of piperazine rings is 2. The molecule has 3 aliphatic rings. The van der Waals surface area contributed by atoms with Crippen molar-refractivity contribution in [2.75, 3.05) is 55.3 Å². The number of sulfonamides is 1. The molecule has 9 nitrogen and oxygen atoms in total. The molecule has 1 aromatic rings. The molecule has 1 N–H and O–H groups in total. The van der Waals surface area contributed by atoms with Crippen molar-refractivity contribution in [2.24, 2.45) is 0 Å². The van der Waals surface area contributed by atoms with Crippen LogP contribution in [0.25, 0.3) is 0 Å². The maximum absolute atomic E-state index is 11.6. The summed E-state index contributed by atoms with van der Waals surface area (Å²) in [5.74, 6) is 0.871. The van der Waals surface area contributed by atoms with Crippen LogP contribution in [0.3, 0.4) is 0 Å². The molecular formula is C17H25N5O4S. The van der Waals surface area contributed by atoms with Gasteiger partial charge in [-0.05, 0) is 25.0 Å². The monoisotopic (exact) mass is 395 g/mol. The predicted octanol–water partition coefficient (Wildman–Crippen LogP) is 0.494. The van der Waals surface area contributed by atoms with Crippen LogP contribution in [0, 0.1) is 0 Å². The van der Waals surface area contributed by atoms with Gasteiger partial charge in [0.15, 0.2) is 0 Å². The van der Waals surface area contributed by atoms with Crippen molar-refractivity contribution < 1.29 is 18.3 Å². The number of aromatic nitrogens is 1. The molecule has 3 saturated heterocycles. The van der Waals surface area contributed by atoms with Gasteiger partial charge in [0.1, 0.15) is 5.82 Å². The molecule has 0 saturated carbocycles. The lowest BCUT2D eigenvalue weighted by Crippen LogP contribution is -2.55. The van der Waals surface area contributed by atoms with Gasteiger partial charge in [0, 0.05) is 39.3 Å². The van der Waals surface area contributed by atoms with Crippen molar-refractivity contribution in [3.05, 3.63) is 18.3 Å². The Hall–Kier alpha value is -2.07. The van der Waals surface area contributed by atoms with Gasteiger partial charge in [0.25, 0.3) is 0 Å². The Morgan fingerprint density at radius 3 is 2.19 bits per heavy atom. The zero-order valence-electron chi connectivity index (χ0n) is 15.4. The Balaban J connectivity index is 1.40. The molecule has 10 heteroatoms. The summed E-state index contributed by atoms with van der Waals surface area (Å²) in [5, 5.41) is 9.37. The zero-order valence-corrected chi connectivity index (χ0v) is 16.2. The van der Waals surface area contributed by atoms with E-state index in [1.54, 1.807) is 4.90 Å². The minimum absolute atomic E-state index is 0.0480. The summed E-state index contributed by atoms with van der Waals surface area (Å²) in [7, 11) is -3.13. The highest BCUT2D eigenvalue weighted by atomic mass is 32.2. The first kappa shape index (κ1) is 18.3. The molecule has 3 aliphatic heterocycles. The molecule has 2 bridgehead atoms. The minimum Gasteiger partial charge on any atom is -0.465 e. The number of carbonyl (C=O) groups is 1. The van der Waals surface area contributed by atoms with Crippen LogP contribution in [-0.4, -0.2) is 91.4 Å². The SMILES string of the molecule is CS(=O)(=O)N1CCN(c2ccc(N3CC4CCC(C3)N4C(=O)O)nc2)CC1. The maximum atomic E-state index is 11.6. The molecule has 1 amide bonds. The Kier molecular flexibility index (Phi) is 4.63. The molecule has 148 valence electrons. The van der Waals surface area contributed by atoms with Crippen LogP contribution in [0.15, 0.2) is 18.3 Å². The molecule has 0 aromatic carbocycles. The van der Waals surface area contributed by atoms with E-state index < -0.39 is 16.1 Å². The second-order valence-electron chi connectivity index (χ2n) is 7.50. The van der Waals surface area contributed by atoms with E-state index in [1.165, 1.54) is 10.6 Å². The van der Waals surface area contributed by atoms with Gasteiger partial charge in [-0.25, -0.2) is 18.2 Å². The van der Waals surface area contributed by atoms with Crippen molar-refractivity contribution in [3.8, 4) is 0 Å². The Morgan fingerprint density at radius 2 is 1.70 bits per heavy atom. The van der Waals surface area contributed by atoms with E-state index in [2.05, 4.69) is 14.8 Å². The van der Waals surface area contributed by atoms with Crippen LogP contribution < -0.4 is 9.80 Å². The van der Waals surface area contributed by atoms with Crippen LogP contribution >= 0.6 is 0 Å². The van der Waals surface area contributed by atoms with Gasteiger partial charge in [-0.1, -0.05) is 0 Å². The Bertz CT molecular complexity index is 793. The zero-order chi connectivity index (χ0) is 19.2. The number of hydrogen-bond acceptors (Lipinski definition) is 6. The fraction of sp³-hybridized carbons (Fsp3) is 0.647. The quantitative estimate of drug-likeness (QED) is 0.796. The van der Waals surface area contributed by atoms with Crippen LogP contribution in [0.1, 0.15) is 12.8 Å². The number of hydrogen-bond donors (Lipinski definition) is 1. The lowest BCUT2D eigenvalue weighted by Gasteiger charge is -2.40. The summed E-state index contributed by atoms with van der Waals surface area (Å²) in [4.78, 5) is 21.9. The van der Waals surface area contributed by atoms with Gasteiger partial charge in [-0.2, -0.15) is 4.31 Å². The fourth-order valence-electron chi connectivity index (χ4n) is 4.43. The lowest BCUT2D eigenvalue weighted by atomic mass is 10.2. The van der Waals surface area contributed by atoms with Gasteiger partial charge < -0.3 is 14.9 Å². The number of pyridine rings is 1. The summed E-state index contributed by atoms with van der Waals surface area (Å²) in [6, 6.07) is 4.09. The van der Waals surface area contributed by atoms with E-state index in [4.69, 9.17) is 0 Å². The topological polar surface area (TPSA) is 97.3 Å². The van der Waals surface area contributed by atoms with E-state index in [9.17, 15) is 18.3 Å². The highest BCUT2D eigenvalue weighted by molar-refractivity contribution is 7.88. The van der Waals surface area contributed by atoms with Crippen molar-refractivity contribution in [1.82, 2.24) is 14.2 Å². The average Bonchev–Trinajstić information content (AvgIpc) is 2.92. The van der Waals surface area contributed by atoms with Crippen LogP contribution in [0.4, 0.5) is 16.3 Å². The van der Waals surface area contributed by atoms with Crippen molar-refractivity contribution in [3.63, 3.8) is 0 Å². The molecule has 0 spiro atoms. The van der Waals surface area contributed by atoms with Gasteiger partial charge >= 0.3 is 6.09 Å². The highest BCUT2D eigenvalue weighted by Gasteiger charge is 2.43.